The minimum absolute atomic E-state index is 0.101. The molecule has 9 heteroatoms. The Kier molecular flexibility index (Phi) is 5.40. The number of amides is 1. The van der Waals surface area contributed by atoms with E-state index in [0.29, 0.717) is 37.8 Å². The van der Waals surface area contributed by atoms with E-state index in [1.807, 2.05) is 0 Å². The van der Waals surface area contributed by atoms with Gasteiger partial charge in [-0.15, -0.1) is 0 Å². The van der Waals surface area contributed by atoms with Crippen LogP contribution in [0.5, 0.6) is 0 Å². The lowest BCUT2D eigenvalue weighted by Crippen LogP contribution is -2.40. The van der Waals surface area contributed by atoms with Crippen LogP contribution in [0.1, 0.15) is 27.4 Å². The Morgan fingerprint density at radius 3 is 2.65 bits per heavy atom. The topological polar surface area (TPSA) is 102 Å². The molecule has 26 heavy (non-hydrogen) atoms. The molecule has 1 aliphatic heterocycles. The Morgan fingerprint density at radius 1 is 1.27 bits per heavy atom. The molecule has 1 aromatic carbocycles. The molecule has 0 bridgehead atoms. The van der Waals surface area contributed by atoms with E-state index in [9.17, 15) is 13.2 Å². The molecule has 0 aliphatic carbocycles. The van der Waals surface area contributed by atoms with Gasteiger partial charge in [-0.25, -0.2) is 8.42 Å². The number of nitrogens with one attached hydrogen (secondary N) is 1. The van der Waals surface area contributed by atoms with Crippen molar-refractivity contribution < 1.29 is 22.5 Å². The molecule has 2 aromatic rings. The van der Waals surface area contributed by atoms with Crippen molar-refractivity contribution in [3.63, 3.8) is 0 Å². The van der Waals surface area contributed by atoms with E-state index >= 15 is 0 Å². The molecule has 0 saturated carbocycles. The molecular formula is C17H21N3O5S. The van der Waals surface area contributed by atoms with Crippen molar-refractivity contribution in [3.05, 3.63) is 46.8 Å². The zero-order chi connectivity index (χ0) is 18.7. The van der Waals surface area contributed by atoms with Crippen molar-refractivity contribution in [1.82, 2.24) is 14.8 Å². The highest BCUT2D eigenvalue weighted by molar-refractivity contribution is 7.89. The van der Waals surface area contributed by atoms with E-state index in [0.717, 1.165) is 5.56 Å². The number of nitrogens with zero attached hydrogens (tertiary/aromatic N) is 2. The number of carbonyl (C=O) groups is 1. The quantitative estimate of drug-likeness (QED) is 0.839. The standard InChI is InChI=1S/C17H21N3O5S/c1-12-16(13(2)25-19-12)11-18-17(21)14-4-3-5-15(10-14)26(22,23)20-6-8-24-9-7-20/h3-5,10H,6-9,11H2,1-2H3,(H,18,21). The molecule has 1 amide bonds. The Bertz CT molecular complexity index is 881. The summed E-state index contributed by atoms with van der Waals surface area (Å²) < 4.78 is 37.1. The van der Waals surface area contributed by atoms with Crippen molar-refractivity contribution in [3.8, 4) is 0 Å². The van der Waals surface area contributed by atoms with Gasteiger partial charge in [-0.05, 0) is 32.0 Å². The molecule has 1 N–H and O–H groups in total. The minimum Gasteiger partial charge on any atom is -0.379 e. The van der Waals surface area contributed by atoms with Crippen LogP contribution in [-0.4, -0.2) is 50.1 Å². The Labute approximate surface area is 152 Å². The van der Waals surface area contributed by atoms with Gasteiger partial charge in [-0.3, -0.25) is 4.79 Å². The van der Waals surface area contributed by atoms with E-state index in [4.69, 9.17) is 9.26 Å². The Hall–Kier alpha value is -2.23. The van der Waals surface area contributed by atoms with Gasteiger partial charge in [-0.1, -0.05) is 11.2 Å². The first kappa shape index (κ1) is 18.6. The molecule has 140 valence electrons. The van der Waals surface area contributed by atoms with Gasteiger partial charge in [0.25, 0.3) is 5.91 Å². The summed E-state index contributed by atoms with van der Waals surface area (Å²) in [5.41, 5.74) is 1.81. The fourth-order valence-electron chi connectivity index (χ4n) is 2.76. The summed E-state index contributed by atoms with van der Waals surface area (Å²) in [4.78, 5) is 12.5. The second kappa shape index (κ2) is 7.56. The normalized spacial score (nSPS) is 15.8. The number of carbonyl (C=O) groups excluding carboxylic acids is 1. The van der Waals surface area contributed by atoms with E-state index in [1.54, 1.807) is 26.0 Å². The van der Waals surface area contributed by atoms with Crippen LogP contribution < -0.4 is 5.32 Å². The molecule has 2 heterocycles. The first-order chi connectivity index (χ1) is 12.4. The summed E-state index contributed by atoms with van der Waals surface area (Å²) >= 11 is 0. The Balaban J connectivity index is 1.75. The van der Waals surface area contributed by atoms with Crippen molar-refractivity contribution >= 4 is 15.9 Å². The molecule has 8 nitrogen and oxygen atoms in total. The maximum absolute atomic E-state index is 12.7. The summed E-state index contributed by atoms with van der Waals surface area (Å²) in [6, 6.07) is 6.04. The van der Waals surface area contributed by atoms with Crippen molar-refractivity contribution in [1.29, 1.82) is 0 Å². The van der Waals surface area contributed by atoms with Crippen LogP contribution >= 0.6 is 0 Å². The molecule has 1 saturated heterocycles. The van der Waals surface area contributed by atoms with Crippen LogP contribution in [-0.2, 0) is 21.3 Å². The van der Waals surface area contributed by atoms with Gasteiger partial charge in [0.1, 0.15) is 5.76 Å². The highest BCUT2D eigenvalue weighted by atomic mass is 32.2. The van der Waals surface area contributed by atoms with Crippen LogP contribution in [0, 0.1) is 13.8 Å². The highest BCUT2D eigenvalue weighted by Gasteiger charge is 2.26. The lowest BCUT2D eigenvalue weighted by Gasteiger charge is -2.26. The number of aromatic nitrogens is 1. The second-order valence-corrected chi connectivity index (χ2v) is 7.97. The number of sulfonamides is 1. The van der Waals surface area contributed by atoms with Crippen LogP contribution in [0.3, 0.4) is 0 Å². The smallest absolute Gasteiger partial charge is 0.251 e. The third kappa shape index (κ3) is 3.79. The first-order valence-electron chi connectivity index (χ1n) is 8.27. The van der Waals surface area contributed by atoms with Crippen molar-refractivity contribution in [2.75, 3.05) is 26.3 Å². The van der Waals surface area contributed by atoms with Gasteiger partial charge in [-0.2, -0.15) is 4.31 Å². The number of aryl methyl sites for hydroxylation is 2. The second-order valence-electron chi connectivity index (χ2n) is 6.03. The summed E-state index contributed by atoms with van der Waals surface area (Å²) in [5.74, 6) is 0.287. The molecule has 1 fully saturated rings. The van der Waals surface area contributed by atoms with Crippen LogP contribution in [0.25, 0.3) is 0 Å². The molecule has 0 radical (unpaired) electrons. The number of hydrogen-bond donors (Lipinski definition) is 1. The lowest BCUT2D eigenvalue weighted by molar-refractivity contribution is 0.0730. The number of benzene rings is 1. The summed E-state index contributed by atoms with van der Waals surface area (Å²) in [7, 11) is -3.64. The van der Waals surface area contributed by atoms with E-state index in [-0.39, 0.29) is 22.9 Å². The molecule has 1 aliphatic rings. The van der Waals surface area contributed by atoms with Gasteiger partial charge < -0.3 is 14.6 Å². The van der Waals surface area contributed by atoms with Crippen LogP contribution in [0.15, 0.2) is 33.7 Å². The van der Waals surface area contributed by atoms with Gasteiger partial charge >= 0.3 is 0 Å². The van der Waals surface area contributed by atoms with Crippen molar-refractivity contribution in [2.24, 2.45) is 0 Å². The molecule has 1 aromatic heterocycles. The van der Waals surface area contributed by atoms with E-state index < -0.39 is 10.0 Å². The Morgan fingerprint density at radius 2 is 2.00 bits per heavy atom. The predicted molar refractivity (Wildman–Crippen MR) is 93.2 cm³/mol. The highest BCUT2D eigenvalue weighted by Crippen LogP contribution is 2.19. The number of ether oxygens (including phenoxy) is 1. The predicted octanol–water partition coefficient (Wildman–Crippen LogP) is 1.24. The third-order valence-electron chi connectivity index (χ3n) is 4.31. The average molecular weight is 379 g/mol. The minimum atomic E-state index is -3.64. The van der Waals surface area contributed by atoms with Crippen molar-refractivity contribution in [2.45, 2.75) is 25.3 Å². The molecule has 0 atom stereocenters. The summed E-state index contributed by atoms with van der Waals surface area (Å²) in [6.45, 7) is 5.20. The molecule has 0 unspecified atom stereocenters. The molecule has 3 rings (SSSR count). The fraction of sp³-hybridized carbons (Fsp3) is 0.412. The molecule has 0 spiro atoms. The van der Waals surface area contributed by atoms with Crippen LogP contribution in [0.4, 0.5) is 0 Å². The van der Waals surface area contributed by atoms with Gasteiger partial charge in [0, 0.05) is 30.8 Å². The summed E-state index contributed by atoms with van der Waals surface area (Å²) in [5, 5.41) is 6.62. The van der Waals surface area contributed by atoms with E-state index in [1.165, 1.54) is 16.4 Å². The first-order valence-corrected chi connectivity index (χ1v) is 9.71. The van der Waals surface area contributed by atoms with Gasteiger partial charge in [0.15, 0.2) is 0 Å². The zero-order valence-corrected chi connectivity index (χ0v) is 15.5. The van der Waals surface area contributed by atoms with E-state index in [2.05, 4.69) is 10.5 Å². The number of hydrogen-bond acceptors (Lipinski definition) is 6. The third-order valence-corrected chi connectivity index (χ3v) is 6.21. The average Bonchev–Trinajstić information content (AvgIpc) is 2.98. The monoisotopic (exact) mass is 379 g/mol. The van der Waals surface area contributed by atoms with Crippen LogP contribution in [0.2, 0.25) is 0 Å². The maximum atomic E-state index is 12.7. The SMILES string of the molecule is Cc1noc(C)c1CNC(=O)c1cccc(S(=O)(=O)N2CCOCC2)c1. The summed E-state index contributed by atoms with van der Waals surface area (Å²) in [6.07, 6.45) is 0. The maximum Gasteiger partial charge on any atom is 0.251 e. The zero-order valence-electron chi connectivity index (χ0n) is 14.7. The molecular weight excluding hydrogens is 358 g/mol. The fourth-order valence-corrected chi connectivity index (χ4v) is 4.21. The van der Waals surface area contributed by atoms with Gasteiger partial charge in [0.2, 0.25) is 10.0 Å². The largest absolute Gasteiger partial charge is 0.379 e. The number of morpholine rings is 1. The lowest BCUT2D eigenvalue weighted by atomic mass is 10.2. The number of rotatable bonds is 5. The van der Waals surface area contributed by atoms with Gasteiger partial charge in [0.05, 0.1) is 23.8 Å².